The molecule has 0 aliphatic carbocycles. The Labute approximate surface area is 94.9 Å². The molecule has 0 atom stereocenters. The summed E-state index contributed by atoms with van der Waals surface area (Å²) >= 11 is 5.90. The summed E-state index contributed by atoms with van der Waals surface area (Å²) in [6.07, 6.45) is 0. The van der Waals surface area contributed by atoms with Crippen molar-refractivity contribution in [1.29, 1.82) is 0 Å². The van der Waals surface area contributed by atoms with E-state index in [9.17, 15) is 4.39 Å². The van der Waals surface area contributed by atoms with Crippen molar-refractivity contribution in [2.24, 2.45) is 0 Å². The van der Waals surface area contributed by atoms with Gasteiger partial charge in [0, 0.05) is 5.39 Å². The first kappa shape index (κ1) is 9.54. The van der Waals surface area contributed by atoms with Gasteiger partial charge < -0.3 is 4.42 Å². The number of aromatic nitrogens is 2. The number of alkyl halides is 1. The second-order valence-electron chi connectivity index (χ2n) is 3.34. The van der Waals surface area contributed by atoms with Crippen molar-refractivity contribution in [3.8, 4) is 0 Å². The molecule has 0 radical (unpaired) electrons. The Morgan fingerprint density at radius 3 is 2.88 bits per heavy atom. The van der Waals surface area contributed by atoms with Crippen LogP contribution in [0.1, 0.15) is 5.82 Å². The molecule has 0 saturated heterocycles. The number of nitrogens with zero attached hydrogens (tertiary/aromatic N) is 2. The molecule has 0 unspecified atom stereocenters. The number of hydrogen-bond donors (Lipinski definition) is 0. The lowest BCUT2D eigenvalue weighted by Gasteiger charge is -1.95. The van der Waals surface area contributed by atoms with Gasteiger partial charge in [0.1, 0.15) is 17.8 Å². The SMILES string of the molecule is FCc1nc(Cl)c2oc3ccccc3c2n1. The van der Waals surface area contributed by atoms with Crippen molar-refractivity contribution in [3.63, 3.8) is 0 Å². The Morgan fingerprint density at radius 1 is 1.25 bits per heavy atom. The molecule has 0 aliphatic rings. The number of para-hydroxylation sites is 1. The van der Waals surface area contributed by atoms with Crippen molar-refractivity contribution in [3.05, 3.63) is 35.2 Å². The zero-order valence-corrected chi connectivity index (χ0v) is 8.83. The van der Waals surface area contributed by atoms with Crippen LogP contribution in [0.15, 0.2) is 28.7 Å². The van der Waals surface area contributed by atoms with Crippen LogP contribution >= 0.6 is 11.6 Å². The molecule has 3 rings (SSSR count). The van der Waals surface area contributed by atoms with Crippen LogP contribution in [0.5, 0.6) is 0 Å². The first-order chi connectivity index (χ1) is 7.79. The first-order valence-corrected chi connectivity index (χ1v) is 5.07. The summed E-state index contributed by atoms with van der Waals surface area (Å²) in [5, 5.41) is 0.963. The normalized spacial score (nSPS) is 11.4. The molecule has 16 heavy (non-hydrogen) atoms. The molecule has 0 aliphatic heterocycles. The summed E-state index contributed by atoms with van der Waals surface area (Å²) in [5.41, 5.74) is 1.63. The van der Waals surface area contributed by atoms with Gasteiger partial charge in [0.25, 0.3) is 0 Å². The molecule has 5 heteroatoms. The second-order valence-corrected chi connectivity index (χ2v) is 3.70. The van der Waals surface area contributed by atoms with Gasteiger partial charge in [0.2, 0.25) is 0 Å². The van der Waals surface area contributed by atoms with Crippen LogP contribution in [0.25, 0.3) is 22.1 Å². The number of halogens is 2. The van der Waals surface area contributed by atoms with Gasteiger partial charge in [-0.05, 0) is 12.1 Å². The Balaban J connectivity index is 2.51. The van der Waals surface area contributed by atoms with Gasteiger partial charge in [-0.2, -0.15) is 0 Å². The van der Waals surface area contributed by atoms with E-state index < -0.39 is 6.67 Å². The highest BCUT2D eigenvalue weighted by Gasteiger charge is 2.13. The van der Waals surface area contributed by atoms with Crippen LogP contribution in [0.4, 0.5) is 4.39 Å². The molecule has 0 saturated carbocycles. The average molecular weight is 237 g/mol. The average Bonchev–Trinajstić information content (AvgIpc) is 2.68. The highest BCUT2D eigenvalue weighted by atomic mass is 35.5. The van der Waals surface area contributed by atoms with Gasteiger partial charge in [-0.15, -0.1) is 0 Å². The van der Waals surface area contributed by atoms with Crippen LogP contribution in [0.2, 0.25) is 5.15 Å². The quantitative estimate of drug-likeness (QED) is 0.607. The van der Waals surface area contributed by atoms with E-state index in [-0.39, 0.29) is 11.0 Å². The van der Waals surface area contributed by atoms with Crippen LogP contribution < -0.4 is 0 Å². The minimum absolute atomic E-state index is 0.0732. The van der Waals surface area contributed by atoms with Crippen molar-refractivity contribution < 1.29 is 8.81 Å². The molecular weight excluding hydrogens is 231 g/mol. The second kappa shape index (κ2) is 3.42. The Kier molecular flexibility index (Phi) is 2.04. The molecular formula is C11H6ClFN2O. The zero-order chi connectivity index (χ0) is 11.1. The zero-order valence-electron chi connectivity index (χ0n) is 8.08. The molecule has 0 amide bonds. The van der Waals surface area contributed by atoms with E-state index in [4.69, 9.17) is 16.0 Å². The molecule has 2 aromatic heterocycles. The minimum Gasteiger partial charge on any atom is -0.451 e. The Bertz CT molecular complexity index is 680. The third kappa shape index (κ3) is 1.27. The molecule has 2 heterocycles. The minimum atomic E-state index is -0.741. The van der Waals surface area contributed by atoms with E-state index >= 15 is 0 Å². The van der Waals surface area contributed by atoms with Gasteiger partial charge in [0.05, 0.1) is 0 Å². The van der Waals surface area contributed by atoms with Crippen LogP contribution in [0.3, 0.4) is 0 Å². The third-order valence-corrected chi connectivity index (χ3v) is 2.60. The molecule has 0 N–H and O–H groups in total. The summed E-state index contributed by atoms with van der Waals surface area (Å²) in [4.78, 5) is 7.88. The van der Waals surface area contributed by atoms with Crippen molar-refractivity contribution in [1.82, 2.24) is 9.97 Å². The fraction of sp³-hybridized carbons (Fsp3) is 0.0909. The number of benzene rings is 1. The molecule has 0 spiro atoms. The van der Waals surface area contributed by atoms with Gasteiger partial charge in [-0.1, -0.05) is 23.7 Å². The highest BCUT2D eigenvalue weighted by molar-refractivity contribution is 6.34. The molecule has 80 valence electrons. The molecule has 1 aromatic carbocycles. The summed E-state index contributed by atoms with van der Waals surface area (Å²) in [6, 6.07) is 7.37. The predicted octanol–water partition coefficient (Wildman–Crippen LogP) is 3.50. The fourth-order valence-corrected chi connectivity index (χ4v) is 1.89. The van der Waals surface area contributed by atoms with E-state index in [1.54, 1.807) is 0 Å². The number of rotatable bonds is 1. The third-order valence-electron chi connectivity index (χ3n) is 2.34. The van der Waals surface area contributed by atoms with E-state index in [1.807, 2.05) is 24.3 Å². The molecule has 0 fully saturated rings. The van der Waals surface area contributed by atoms with Gasteiger partial charge in [-0.3, -0.25) is 0 Å². The van der Waals surface area contributed by atoms with Gasteiger partial charge in [0.15, 0.2) is 16.6 Å². The standard InChI is InChI=1S/C11H6ClFN2O/c12-11-10-9(14-8(5-13)15-11)6-3-1-2-4-7(6)16-10/h1-4H,5H2. The smallest absolute Gasteiger partial charge is 0.191 e. The van der Waals surface area contributed by atoms with E-state index in [0.29, 0.717) is 16.7 Å². The first-order valence-electron chi connectivity index (χ1n) is 4.69. The van der Waals surface area contributed by atoms with Crippen LogP contribution in [0, 0.1) is 0 Å². The van der Waals surface area contributed by atoms with Crippen molar-refractivity contribution in [2.75, 3.05) is 0 Å². The Hall–Kier alpha value is -1.68. The highest BCUT2D eigenvalue weighted by Crippen LogP contribution is 2.30. The lowest BCUT2D eigenvalue weighted by Crippen LogP contribution is -1.91. The van der Waals surface area contributed by atoms with E-state index in [2.05, 4.69) is 9.97 Å². The Morgan fingerprint density at radius 2 is 2.06 bits per heavy atom. The van der Waals surface area contributed by atoms with Gasteiger partial charge >= 0.3 is 0 Å². The number of hydrogen-bond acceptors (Lipinski definition) is 3. The maximum absolute atomic E-state index is 12.5. The maximum Gasteiger partial charge on any atom is 0.191 e. The predicted molar refractivity (Wildman–Crippen MR) is 59.1 cm³/mol. The fourth-order valence-electron chi connectivity index (χ4n) is 1.66. The number of fused-ring (bicyclic) bond motifs is 3. The lowest BCUT2D eigenvalue weighted by atomic mass is 10.2. The number of furan rings is 1. The van der Waals surface area contributed by atoms with Crippen molar-refractivity contribution >= 4 is 33.7 Å². The monoisotopic (exact) mass is 236 g/mol. The molecule has 0 bridgehead atoms. The summed E-state index contributed by atoms with van der Waals surface area (Å²) in [6.45, 7) is -0.741. The van der Waals surface area contributed by atoms with Crippen LogP contribution in [-0.4, -0.2) is 9.97 Å². The summed E-state index contributed by atoms with van der Waals surface area (Å²) < 4.78 is 18.0. The topological polar surface area (TPSA) is 38.9 Å². The van der Waals surface area contributed by atoms with E-state index in [0.717, 1.165) is 5.39 Å². The van der Waals surface area contributed by atoms with E-state index in [1.165, 1.54) is 0 Å². The molecule has 3 aromatic rings. The van der Waals surface area contributed by atoms with Crippen molar-refractivity contribution in [2.45, 2.75) is 6.67 Å². The molecule has 3 nitrogen and oxygen atoms in total. The largest absolute Gasteiger partial charge is 0.451 e. The maximum atomic E-state index is 12.5. The lowest BCUT2D eigenvalue weighted by molar-refractivity contribution is 0.466. The van der Waals surface area contributed by atoms with Gasteiger partial charge in [-0.25, -0.2) is 14.4 Å². The van der Waals surface area contributed by atoms with Crippen LogP contribution in [-0.2, 0) is 6.67 Å². The summed E-state index contributed by atoms with van der Waals surface area (Å²) in [7, 11) is 0. The summed E-state index contributed by atoms with van der Waals surface area (Å²) in [5.74, 6) is 0.0732.